The molecule has 0 fully saturated rings. The first-order valence-corrected chi connectivity index (χ1v) is 25.2. The van der Waals surface area contributed by atoms with Crippen molar-refractivity contribution in [2.24, 2.45) is 0 Å². The predicted molar refractivity (Wildman–Crippen MR) is 316 cm³/mol. The van der Waals surface area contributed by atoms with Crippen LogP contribution in [0.1, 0.15) is 99.7 Å². The average Bonchev–Trinajstić information content (AvgIpc) is 3.43. The molecule has 0 radical (unpaired) electrons. The molecule has 370 valence electrons. The van der Waals surface area contributed by atoms with E-state index in [1.54, 1.807) is 0 Å². The predicted octanol–water partition coefficient (Wildman–Crippen LogP) is 19.0. The van der Waals surface area contributed by atoms with Crippen LogP contribution in [0.15, 0.2) is 164 Å². The molecule has 1 unspecified atom stereocenters. The fourth-order valence-electron chi connectivity index (χ4n) is 9.30. The van der Waals surface area contributed by atoms with E-state index in [0.717, 1.165) is 113 Å². The zero-order chi connectivity index (χ0) is 49.5. The van der Waals surface area contributed by atoms with Crippen LogP contribution in [0.25, 0.3) is 65.3 Å². The second-order valence-electron chi connectivity index (χ2n) is 18.3. The molecule has 0 aliphatic heterocycles. The summed E-state index contributed by atoms with van der Waals surface area (Å²) in [4.78, 5) is 0. The molecule has 1 atom stereocenters. The molecule has 72 heavy (non-hydrogen) atoms. The highest BCUT2D eigenvalue weighted by atomic mass is 16.5. The number of ether oxygens (including phenoxy) is 4. The van der Waals surface area contributed by atoms with Crippen LogP contribution in [0.2, 0.25) is 0 Å². The largest absolute Gasteiger partial charge is 0.494 e. The normalized spacial score (nSPS) is 11.1. The van der Waals surface area contributed by atoms with E-state index in [4.69, 9.17) is 25.4 Å². The van der Waals surface area contributed by atoms with Gasteiger partial charge in [-0.15, -0.1) is 6.42 Å². The summed E-state index contributed by atoms with van der Waals surface area (Å²) in [5.41, 5.74) is 7.98. The number of terminal acetylenes is 1. The molecule has 0 aromatic heterocycles. The summed E-state index contributed by atoms with van der Waals surface area (Å²) in [5, 5.41) is 8.68. The molecule has 0 amide bonds. The van der Waals surface area contributed by atoms with Crippen molar-refractivity contribution < 1.29 is 30.4 Å². The molecular formula is C68H74O4. The molecule has 0 saturated carbocycles. The van der Waals surface area contributed by atoms with Crippen molar-refractivity contribution in [1.29, 1.82) is 0 Å². The zero-order valence-electron chi connectivity index (χ0n) is 41.4. The Morgan fingerprint density at radius 2 is 0.972 bits per heavy atom. The third-order valence-electron chi connectivity index (χ3n) is 13.4. The van der Waals surface area contributed by atoms with Gasteiger partial charge in [0.05, 0.1) is 6.61 Å². The van der Waals surface area contributed by atoms with Gasteiger partial charge in [0.1, 0.15) is 42.3 Å². The summed E-state index contributed by atoms with van der Waals surface area (Å²) in [5.74, 6) is 19.1. The molecule has 0 N–H and O–H groups in total. The first-order valence-electron chi connectivity index (χ1n) is 25.2. The highest BCUT2D eigenvalue weighted by molar-refractivity contribution is 6.22. The van der Waals surface area contributed by atoms with Crippen molar-refractivity contribution in [2.75, 3.05) is 6.61 Å². The number of fused-ring (bicyclic) bond motifs is 4. The van der Waals surface area contributed by atoms with Crippen molar-refractivity contribution in [2.45, 2.75) is 84.8 Å². The first kappa shape index (κ1) is 48.5. The van der Waals surface area contributed by atoms with E-state index in [1.165, 1.54) is 31.2 Å². The van der Waals surface area contributed by atoms with Gasteiger partial charge in [0.2, 0.25) is 0 Å². The Morgan fingerprint density at radius 3 is 1.60 bits per heavy atom. The van der Waals surface area contributed by atoms with Gasteiger partial charge in [-0.05, 0) is 185 Å². The Balaban J connectivity index is 0.00000400. The van der Waals surface area contributed by atoms with Gasteiger partial charge in [0.15, 0.2) is 0 Å². The third kappa shape index (κ3) is 11.9. The fourth-order valence-corrected chi connectivity index (χ4v) is 9.30. The Labute approximate surface area is 437 Å². The topological polar surface area (TPSA) is 36.9 Å². The van der Waals surface area contributed by atoms with E-state index in [2.05, 4.69) is 202 Å². The van der Waals surface area contributed by atoms with Crippen LogP contribution < -0.4 is 18.9 Å². The summed E-state index contributed by atoms with van der Waals surface area (Å²) in [6, 6.07) is 57.8. The molecule has 0 heterocycles. The number of benzene rings is 9. The molecule has 0 saturated heterocycles. The van der Waals surface area contributed by atoms with E-state index in [-0.39, 0.29) is 11.4 Å². The van der Waals surface area contributed by atoms with Crippen molar-refractivity contribution in [3.63, 3.8) is 0 Å². The van der Waals surface area contributed by atoms with Gasteiger partial charge in [-0.2, -0.15) is 0 Å². The number of rotatable bonds is 19. The molecule has 9 aromatic carbocycles. The van der Waals surface area contributed by atoms with Gasteiger partial charge >= 0.3 is 0 Å². The molecule has 0 aliphatic rings. The smallest absolute Gasteiger partial charge is 0.140 e. The zero-order valence-corrected chi connectivity index (χ0v) is 41.4. The van der Waals surface area contributed by atoms with Crippen LogP contribution >= 0.6 is 0 Å². The fraction of sp³-hybridized carbons (Fsp3) is 0.206. The number of hydrogen-bond donors (Lipinski definition) is 0. The second-order valence-corrected chi connectivity index (χ2v) is 18.3. The number of hydrogen-bond acceptors (Lipinski definition) is 4. The summed E-state index contributed by atoms with van der Waals surface area (Å²) in [6.07, 6.45) is 16.3. The summed E-state index contributed by atoms with van der Waals surface area (Å²) in [7, 11) is 0. The highest BCUT2D eigenvalue weighted by Gasteiger charge is 2.20. The lowest BCUT2D eigenvalue weighted by Crippen LogP contribution is -1.98. The van der Waals surface area contributed by atoms with Crippen molar-refractivity contribution >= 4 is 43.1 Å². The Bertz CT molecular complexity index is 3640. The minimum Gasteiger partial charge on any atom is -0.494 e. The maximum atomic E-state index is 6.56. The second kappa shape index (κ2) is 23.9. The first-order chi connectivity index (χ1) is 35.5. The van der Waals surface area contributed by atoms with Crippen LogP contribution in [0.4, 0.5) is 0 Å². The summed E-state index contributed by atoms with van der Waals surface area (Å²) < 4.78 is 25.2. The van der Waals surface area contributed by atoms with E-state index in [0.29, 0.717) is 31.5 Å². The Hall–Kier alpha value is -8.54. The van der Waals surface area contributed by atoms with Crippen LogP contribution in [-0.4, -0.2) is 6.61 Å². The van der Waals surface area contributed by atoms with Gasteiger partial charge in [-0.25, -0.2) is 0 Å². The van der Waals surface area contributed by atoms with Crippen LogP contribution in [0.5, 0.6) is 23.0 Å². The summed E-state index contributed by atoms with van der Waals surface area (Å²) in [6.45, 7) is 8.42. The van der Waals surface area contributed by atoms with E-state index in [1.807, 2.05) is 24.3 Å². The summed E-state index contributed by atoms with van der Waals surface area (Å²) >= 11 is 0. The molecule has 0 spiro atoms. The lowest BCUT2D eigenvalue weighted by atomic mass is 9.85. The molecule has 4 heteroatoms. The van der Waals surface area contributed by atoms with Crippen LogP contribution in [0.3, 0.4) is 0 Å². The van der Waals surface area contributed by atoms with E-state index >= 15 is 0 Å². The minimum atomic E-state index is 0. The highest BCUT2D eigenvalue weighted by Crippen LogP contribution is 2.47. The van der Waals surface area contributed by atoms with Crippen molar-refractivity contribution in [3.8, 4) is 93.3 Å². The van der Waals surface area contributed by atoms with Crippen LogP contribution in [-0.2, 0) is 13.2 Å². The minimum absolute atomic E-state index is 0. The molecule has 0 aliphatic carbocycles. The van der Waals surface area contributed by atoms with Gasteiger partial charge in [-0.3, -0.25) is 0 Å². The maximum absolute atomic E-state index is 6.56. The van der Waals surface area contributed by atoms with Gasteiger partial charge in [-0.1, -0.05) is 150 Å². The monoisotopic (exact) mass is 955 g/mol. The molecule has 9 rings (SSSR count). The van der Waals surface area contributed by atoms with Crippen molar-refractivity contribution in [1.82, 2.24) is 0 Å². The quantitative estimate of drug-likeness (QED) is 0.0460. The molecule has 0 bridgehead atoms. The molecular weight excluding hydrogens is 881 g/mol. The van der Waals surface area contributed by atoms with Gasteiger partial charge in [0.25, 0.3) is 0 Å². The average molecular weight is 955 g/mol. The molecule has 9 aromatic rings. The van der Waals surface area contributed by atoms with Crippen molar-refractivity contribution in [3.05, 3.63) is 180 Å². The van der Waals surface area contributed by atoms with Gasteiger partial charge < -0.3 is 18.9 Å². The third-order valence-corrected chi connectivity index (χ3v) is 13.4. The van der Waals surface area contributed by atoms with Gasteiger partial charge in [0, 0.05) is 29.2 Å². The standard InChI is InChI=1S/C68H58O4.8H2/c1-5-8-10-12-14-19-39-69-61-36-38-64-65(45-61)67(57-29-27-55-43-59(33-31-53(55)41-57)71-47-50-21-17-16-18-22-50)63-37-35-62(70-40-20-15-13-11-9-6-2)46-66(63)68(64)58-30-28-56-44-60(34-32-54(56)42-58)72-48-51-23-25-52(26-24-51)49(4)7-3;;;;;;;;/h1,16-18,21-38,41-46,49H,6-7,9,11,13,15,20,40,47-48H2,2-4H3;8*1H. The lowest BCUT2D eigenvalue weighted by Gasteiger charge is -2.20. The molecule has 4 nitrogen and oxygen atoms in total. The van der Waals surface area contributed by atoms with Crippen LogP contribution in [0, 0.1) is 48.1 Å². The van der Waals surface area contributed by atoms with E-state index in [9.17, 15) is 0 Å². The van der Waals surface area contributed by atoms with E-state index < -0.39 is 0 Å². The Morgan fingerprint density at radius 1 is 0.458 bits per heavy atom. The number of unbranched alkanes of at least 4 members (excludes halogenated alkanes) is 5. The SMILES string of the molecule is C#CC#CC#CC#COc1ccc2c(-c3ccc4cc(OCc5ccc(C(C)CC)cc5)ccc4c3)c3cc(OCCCCCCCC)ccc3c(-c3ccc4cc(OCc5ccccc5)ccc4c3)c2c1.[HH].[HH].[HH].[HH].[HH].[HH].[HH].[HH]. The Kier molecular flexibility index (Phi) is 16.1. The lowest BCUT2D eigenvalue weighted by molar-refractivity contribution is 0.305. The maximum Gasteiger partial charge on any atom is 0.140 e.